The van der Waals surface area contributed by atoms with Crippen LogP contribution in [0.15, 0.2) is 48.5 Å². The van der Waals surface area contributed by atoms with E-state index in [2.05, 4.69) is 39.8 Å². The van der Waals surface area contributed by atoms with Gasteiger partial charge in [0, 0.05) is 23.7 Å². The highest BCUT2D eigenvalue weighted by Gasteiger charge is 2.29. The number of nitrogens with one attached hydrogen (secondary N) is 2. The average Bonchev–Trinajstić information content (AvgIpc) is 3.28. The highest BCUT2D eigenvalue weighted by Crippen LogP contribution is 2.44. The van der Waals surface area contributed by atoms with Gasteiger partial charge in [0.15, 0.2) is 0 Å². The minimum Gasteiger partial charge on any atom is -0.449 e. The van der Waals surface area contributed by atoms with Crippen molar-refractivity contribution < 1.29 is 19.7 Å². The Hall–Kier alpha value is -3.16. The van der Waals surface area contributed by atoms with E-state index in [-0.39, 0.29) is 25.5 Å². The molecule has 4 N–H and O–H groups in total. The molecule has 0 saturated carbocycles. The number of aryl methyl sites for hydroxylation is 2. The van der Waals surface area contributed by atoms with E-state index >= 15 is 0 Å². The molecule has 2 atom stereocenters. The number of hydrogen-bond donors (Lipinski definition) is 4. The molecule has 4 rings (SSSR count). The Kier molecular flexibility index (Phi) is 6.06. The number of carbonyl (C=O) groups excluding carboxylic acids is 1. The van der Waals surface area contributed by atoms with Gasteiger partial charge in [-0.2, -0.15) is 5.10 Å². The SMILES string of the molecule is Cc1n[nH]c(C)c1C(O)C(O)CCNC(=O)OCC1c2ccccc2-c2ccccc21. The number of aliphatic hydroxyl groups excluding tert-OH is 2. The van der Waals surface area contributed by atoms with Gasteiger partial charge in [-0.3, -0.25) is 5.10 Å². The summed E-state index contributed by atoms with van der Waals surface area (Å²) in [5.74, 6) is -0.00222. The molecule has 1 amide bonds. The first kappa shape index (κ1) is 21.1. The van der Waals surface area contributed by atoms with Crippen LogP contribution in [-0.4, -0.2) is 45.8 Å². The molecule has 0 saturated heterocycles. The number of nitrogens with zero attached hydrogens (tertiary/aromatic N) is 1. The summed E-state index contributed by atoms with van der Waals surface area (Å²) >= 11 is 0. The third-order valence-electron chi connectivity index (χ3n) is 5.90. The number of benzene rings is 2. The number of ether oxygens (including phenoxy) is 1. The zero-order valence-electron chi connectivity index (χ0n) is 17.6. The van der Waals surface area contributed by atoms with Crippen LogP contribution in [0, 0.1) is 13.8 Å². The van der Waals surface area contributed by atoms with Gasteiger partial charge in [0.25, 0.3) is 0 Å². The van der Waals surface area contributed by atoms with Crippen LogP contribution in [0.4, 0.5) is 4.79 Å². The van der Waals surface area contributed by atoms with Crippen LogP contribution >= 0.6 is 0 Å². The fourth-order valence-electron chi connectivity index (χ4n) is 4.32. The maximum Gasteiger partial charge on any atom is 0.407 e. The second-order valence-corrected chi connectivity index (χ2v) is 7.90. The van der Waals surface area contributed by atoms with Crippen molar-refractivity contribution in [1.82, 2.24) is 15.5 Å². The van der Waals surface area contributed by atoms with Crippen molar-refractivity contribution in [2.45, 2.75) is 38.4 Å². The molecule has 0 spiro atoms. The minimum absolute atomic E-state index is 0.00222. The maximum atomic E-state index is 12.2. The molecule has 0 radical (unpaired) electrons. The number of aromatic amines is 1. The monoisotopic (exact) mass is 421 g/mol. The first-order valence-corrected chi connectivity index (χ1v) is 10.4. The van der Waals surface area contributed by atoms with Crippen LogP contribution in [0.25, 0.3) is 11.1 Å². The Balaban J connectivity index is 1.29. The van der Waals surface area contributed by atoms with E-state index in [4.69, 9.17) is 4.74 Å². The molecular formula is C24H27N3O4. The van der Waals surface area contributed by atoms with E-state index in [1.807, 2.05) is 24.3 Å². The number of rotatable bonds is 7. The molecule has 1 aromatic heterocycles. The van der Waals surface area contributed by atoms with E-state index in [0.717, 1.165) is 11.1 Å². The van der Waals surface area contributed by atoms with E-state index in [1.54, 1.807) is 13.8 Å². The molecule has 7 heteroatoms. The number of alkyl carbamates (subject to hydrolysis) is 1. The molecule has 0 fully saturated rings. The first-order chi connectivity index (χ1) is 15.0. The zero-order chi connectivity index (χ0) is 22.0. The lowest BCUT2D eigenvalue weighted by Gasteiger charge is -2.19. The molecule has 31 heavy (non-hydrogen) atoms. The van der Waals surface area contributed by atoms with E-state index < -0.39 is 18.3 Å². The Morgan fingerprint density at radius 2 is 1.71 bits per heavy atom. The number of aliphatic hydroxyl groups is 2. The zero-order valence-corrected chi connectivity index (χ0v) is 17.6. The van der Waals surface area contributed by atoms with E-state index in [9.17, 15) is 15.0 Å². The summed E-state index contributed by atoms with van der Waals surface area (Å²) in [5, 5.41) is 30.2. The lowest BCUT2D eigenvalue weighted by atomic mass is 9.98. The number of hydrogen-bond acceptors (Lipinski definition) is 5. The van der Waals surface area contributed by atoms with Crippen LogP contribution in [0.1, 0.15) is 46.5 Å². The summed E-state index contributed by atoms with van der Waals surface area (Å²) in [6.45, 7) is 3.98. The average molecular weight is 421 g/mol. The topological polar surface area (TPSA) is 107 Å². The predicted octanol–water partition coefficient (Wildman–Crippen LogP) is 3.35. The molecule has 2 aromatic carbocycles. The summed E-state index contributed by atoms with van der Waals surface area (Å²) in [7, 11) is 0. The fourth-order valence-corrected chi connectivity index (χ4v) is 4.32. The van der Waals surface area contributed by atoms with Gasteiger partial charge in [-0.05, 0) is 42.5 Å². The molecule has 3 aromatic rings. The van der Waals surface area contributed by atoms with Crippen molar-refractivity contribution >= 4 is 6.09 Å². The molecule has 2 unspecified atom stereocenters. The third-order valence-corrected chi connectivity index (χ3v) is 5.90. The second kappa shape index (κ2) is 8.91. The van der Waals surface area contributed by atoms with Crippen LogP contribution in [0.3, 0.4) is 0 Å². The number of fused-ring (bicyclic) bond motifs is 3. The standard InChI is InChI=1S/C24H27N3O4/c1-14-22(15(2)27-26-14)23(29)21(28)11-12-25-24(30)31-13-20-18-9-5-3-7-16(18)17-8-4-6-10-19(17)20/h3-10,20-21,23,28-29H,11-13H2,1-2H3,(H,25,30)(H,26,27). The highest BCUT2D eigenvalue weighted by atomic mass is 16.5. The maximum absolute atomic E-state index is 12.2. The Morgan fingerprint density at radius 1 is 1.10 bits per heavy atom. The second-order valence-electron chi connectivity index (χ2n) is 7.90. The quantitative estimate of drug-likeness (QED) is 0.468. The normalized spacial score (nSPS) is 14.6. The fraction of sp³-hybridized carbons (Fsp3) is 0.333. The third kappa shape index (κ3) is 4.19. The van der Waals surface area contributed by atoms with Gasteiger partial charge >= 0.3 is 6.09 Å². The molecule has 1 aliphatic rings. The van der Waals surface area contributed by atoms with Gasteiger partial charge in [-0.15, -0.1) is 0 Å². The van der Waals surface area contributed by atoms with Crippen molar-refractivity contribution in [2.75, 3.05) is 13.2 Å². The molecule has 1 heterocycles. The largest absolute Gasteiger partial charge is 0.449 e. The van der Waals surface area contributed by atoms with Crippen molar-refractivity contribution in [2.24, 2.45) is 0 Å². The van der Waals surface area contributed by atoms with Gasteiger partial charge in [0.2, 0.25) is 0 Å². The summed E-state index contributed by atoms with van der Waals surface area (Å²) in [5.41, 5.74) is 6.61. The molecule has 162 valence electrons. The highest BCUT2D eigenvalue weighted by molar-refractivity contribution is 5.79. The van der Waals surface area contributed by atoms with Gasteiger partial charge < -0.3 is 20.3 Å². The summed E-state index contributed by atoms with van der Waals surface area (Å²) in [4.78, 5) is 12.2. The van der Waals surface area contributed by atoms with Gasteiger partial charge in [-0.25, -0.2) is 4.79 Å². The van der Waals surface area contributed by atoms with Gasteiger partial charge in [0.05, 0.1) is 11.8 Å². The Labute approximate surface area is 181 Å². The summed E-state index contributed by atoms with van der Waals surface area (Å²) < 4.78 is 5.48. The van der Waals surface area contributed by atoms with Crippen LogP contribution in [-0.2, 0) is 4.74 Å². The number of H-pyrrole nitrogens is 1. The van der Waals surface area contributed by atoms with Crippen molar-refractivity contribution in [3.05, 3.63) is 76.6 Å². The lowest BCUT2D eigenvalue weighted by molar-refractivity contribution is 0.0129. The van der Waals surface area contributed by atoms with Crippen molar-refractivity contribution in [1.29, 1.82) is 0 Å². The van der Waals surface area contributed by atoms with E-state index in [1.165, 1.54) is 11.1 Å². The van der Waals surface area contributed by atoms with Crippen LogP contribution in [0.2, 0.25) is 0 Å². The summed E-state index contributed by atoms with van der Waals surface area (Å²) in [6, 6.07) is 16.3. The van der Waals surface area contributed by atoms with E-state index in [0.29, 0.717) is 17.0 Å². The Bertz CT molecular complexity index is 1010. The molecule has 0 bridgehead atoms. The summed E-state index contributed by atoms with van der Waals surface area (Å²) in [6.07, 6.45) is -2.44. The molecule has 0 aliphatic heterocycles. The predicted molar refractivity (Wildman–Crippen MR) is 117 cm³/mol. The smallest absolute Gasteiger partial charge is 0.407 e. The van der Waals surface area contributed by atoms with Gasteiger partial charge in [-0.1, -0.05) is 48.5 Å². The van der Waals surface area contributed by atoms with Crippen LogP contribution in [0.5, 0.6) is 0 Å². The number of carbonyl (C=O) groups is 1. The number of aromatic nitrogens is 2. The molecule has 1 aliphatic carbocycles. The van der Waals surface area contributed by atoms with Crippen LogP contribution < -0.4 is 5.32 Å². The van der Waals surface area contributed by atoms with Crippen molar-refractivity contribution in [3.63, 3.8) is 0 Å². The minimum atomic E-state index is -1.07. The number of amides is 1. The van der Waals surface area contributed by atoms with Gasteiger partial charge in [0.1, 0.15) is 12.7 Å². The first-order valence-electron chi connectivity index (χ1n) is 10.4. The van der Waals surface area contributed by atoms with Crippen molar-refractivity contribution in [3.8, 4) is 11.1 Å². The Morgan fingerprint density at radius 3 is 2.29 bits per heavy atom. The molecular weight excluding hydrogens is 394 g/mol. The lowest BCUT2D eigenvalue weighted by Crippen LogP contribution is -2.31. The molecule has 7 nitrogen and oxygen atoms in total.